The number of hydrogen-bond donors (Lipinski definition) is 0. The van der Waals surface area contributed by atoms with Gasteiger partial charge in [-0.3, -0.25) is 4.57 Å². The Labute approximate surface area is 121 Å². The zero-order valence-electron chi connectivity index (χ0n) is 12.0. The normalized spacial score (nSPS) is 13.1. The summed E-state index contributed by atoms with van der Waals surface area (Å²) in [6, 6.07) is 19.0. The van der Waals surface area contributed by atoms with Crippen molar-refractivity contribution in [3.8, 4) is 0 Å². The van der Waals surface area contributed by atoms with Crippen LogP contribution in [0.1, 0.15) is 20.3 Å². The van der Waals surface area contributed by atoms with Crippen molar-refractivity contribution >= 4 is 18.0 Å². The van der Waals surface area contributed by atoms with Gasteiger partial charge >= 0.3 is 0 Å². The molecule has 0 spiro atoms. The second-order valence-corrected chi connectivity index (χ2v) is 7.43. The molecule has 2 nitrogen and oxygen atoms in total. The van der Waals surface area contributed by atoms with Crippen LogP contribution < -0.4 is 10.6 Å². The summed E-state index contributed by atoms with van der Waals surface area (Å²) in [7, 11) is -2.99. The van der Waals surface area contributed by atoms with Crippen LogP contribution in [0.3, 0.4) is 0 Å². The van der Waals surface area contributed by atoms with Crippen molar-refractivity contribution in [1.29, 1.82) is 0 Å². The number of benzene rings is 2. The molecule has 0 amide bonds. The third kappa shape index (κ3) is 3.39. The van der Waals surface area contributed by atoms with Crippen LogP contribution in [0.2, 0.25) is 0 Å². The molecule has 3 heteroatoms. The van der Waals surface area contributed by atoms with E-state index in [1.165, 1.54) is 0 Å². The Kier molecular flexibility index (Phi) is 5.17. The van der Waals surface area contributed by atoms with Gasteiger partial charge in [0.05, 0.1) is 6.61 Å². The Morgan fingerprint density at radius 1 is 0.950 bits per heavy atom. The summed E-state index contributed by atoms with van der Waals surface area (Å²) in [4.78, 5) is 0. The van der Waals surface area contributed by atoms with Gasteiger partial charge in [0.25, 0.3) is 7.37 Å². The summed E-state index contributed by atoms with van der Waals surface area (Å²) < 4.78 is 19.3. The maximum atomic E-state index is 13.4. The summed E-state index contributed by atoms with van der Waals surface area (Å²) in [6.45, 7) is 4.74. The predicted molar refractivity (Wildman–Crippen MR) is 85.2 cm³/mol. The van der Waals surface area contributed by atoms with Gasteiger partial charge in [-0.1, -0.05) is 56.7 Å². The van der Waals surface area contributed by atoms with Gasteiger partial charge in [-0.05, 0) is 30.2 Å². The summed E-state index contributed by atoms with van der Waals surface area (Å²) in [6.07, 6.45) is 1.02. The maximum Gasteiger partial charge on any atom is 0.261 e. The fourth-order valence-corrected chi connectivity index (χ4v) is 4.09. The molecule has 0 bridgehead atoms. The van der Waals surface area contributed by atoms with Crippen LogP contribution in [0.15, 0.2) is 60.7 Å². The molecule has 0 aliphatic heterocycles. The molecule has 0 N–H and O–H groups in total. The van der Waals surface area contributed by atoms with Crippen molar-refractivity contribution in [3.05, 3.63) is 60.7 Å². The van der Waals surface area contributed by atoms with Gasteiger partial charge in [0.15, 0.2) is 0 Å². The molecule has 0 saturated heterocycles. The lowest BCUT2D eigenvalue weighted by molar-refractivity contribution is 0.266. The molecule has 0 aliphatic rings. The molecule has 106 valence electrons. The van der Waals surface area contributed by atoms with E-state index in [9.17, 15) is 4.57 Å². The summed E-state index contributed by atoms with van der Waals surface area (Å²) in [5, 5.41) is 1.52. The zero-order valence-corrected chi connectivity index (χ0v) is 12.9. The molecule has 0 radical (unpaired) electrons. The van der Waals surface area contributed by atoms with Crippen molar-refractivity contribution < 1.29 is 9.09 Å². The van der Waals surface area contributed by atoms with Crippen LogP contribution in [0, 0.1) is 5.92 Å². The molecule has 0 fully saturated rings. The predicted octanol–water partition coefficient (Wildman–Crippen LogP) is 3.98. The van der Waals surface area contributed by atoms with Gasteiger partial charge in [0.2, 0.25) is 0 Å². The third-order valence-electron chi connectivity index (χ3n) is 3.43. The van der Waals surface area contributed by atoms with Crippen LogP contribution in [-0.2, 0) is 9.09 Å². The van der Waals surface area contributed by atoms with Crippen LogP contribution in [0.25, 0.3) is 0 Å². The minimum Gasteiger partial charge on any atom is -0.322 e. The van der Waals surface area contributed by atoms with Gasteiger partial charge in [0.1, 0.15) is 0 Å². The molecule has 0 aliphatic carbocycles. The quantitative estimate of drug-likeness (QED) is 0.752. The molecule has 20 heavy (non-hydrogen) atoms. The van der Waals surface area contributed by atoms with E-state index in [2.05, 4.69) is 13.8 Å². The highest BCUT2D eigenvalue weighted by molar-refractivity contribution is 7.74. The largest absolute Gasteiger partial charge is 0.322 e. The second-order valence-electron chi connectivity index (χ2n) is 5.03. The van der Waals surface area contributed by atoms with E-state index in [4.69, 9.17) is 4.52 Å². The molecule has 0 heterocycles. The molecular formula is C17H21O2P. The first-order chi connectivity index (χ1) is 9.66. The molecular weight excluding hydrogens is 267 g/mol. The van der Waals surface area contributed by atoms with E-state index in [1.54, 1.807) is 0 Å². The average molecular weight is 288 g/mol. The first-order valence-corrected chi connectivity index (χ1v) is 8.65. The smallest absolute Gasteiger partial charge is 0.261 e. The average Bonchev–Trinajstić information content (AvgIpc) is 2.54. The molecule has 2 rings (SSSR count). The van der Waals surface area contributed by atoms with E-state index >= 15 is 0 Å². The Morgan fingerprint density at radius 3 is 1.80 bits per heavy atom. The molecule has 0 saturated carbocycles. The Balaban J connectivity index is 2.37. The van der Waals surface area contributed by atoms with Crippen molar-refractivity contribution in [2.24, 2.45) is 5.92 Å². The van der Waals surface area contributed by atoms with Crippen LogP contribution in [0.4, 0.5) is 0 Å². The highest BCUT2D eigenvalue weighted by Gasteiger charge is 2.28. The van der Waals surface area contributed by atoms with Gasteiger partial charge in [-0.15, -0.1) is 0 Å². The van der Waals surface area contributed by atoms with Crippen LogP contribution in [-0.4, -0.2) is 6.61 Å². The monoisotopic (exact) mass is 288 g/mol. The number of rotatable bonds is 6. The Bertz CT molecular complexity index is 523. The Hall–Kier alpha value is -1.37. The first kappa shape index (κ1) is 15.0. The van der Waals surface area contributed by atoms with Crippen molar-refractivity contribution in [2.75, 3.05) is 6.61 Å². The van der Waals surface area contributed by atoms with E-state index in [0.29, 0.717) is 12.5 Å². The SMILES string of the molecule is CCC(C)COP(=O)(c1ccccc1)c1ccccc1. The standard InChI is InChI=1S/C17H21O2P/c1-3-15(2)14-19-20(18,16-10-6-4-7-11-16)17-12-8-5-9-13-17/h4-13,15H,3,14H2,1-2H3. The van der Waals surface area contributed by atoms with E-state index in [0.717, 1.165) is 17.0 Å². The summed E-state index contributed by atoms with van der Waals surface area (Å²) in [5.41, 5.74) is 0. The minimum atomic E-state index is -2.99. The highest BCUT2D eigenvalue weighted by atomic mass is 31.2. The lowest BCUT2D eigenvalue weighted by Crippen LogP contribution is -2.20. The third-order valence-corrected chi connectivity index (χ3v) is 5.90. The second kappa shape index (κ2) is 6.88. The fraction of sp³-hybridized carbons (Fsp3) is 0.294. The lowest BCUT2D eigenvalue weighted by atomic mass is 10.1. The van der Waals surface area contributed by atoms with Gasteiger partial charge in [0, 0.05) is 10.6 Å². The lowest BCUT2D eigenvalue weighted by Gasteiger charge is -2.21. The van der Waals surface area contributed by atoms with Crippen molar-refractivity contribution in [2.45, 2.75) is 20.3 Å². The van der Waals surface area contributed by atoms with Gasteiger partial charge in [-0.25, -0.2) is 0 Å². The van der Waals surface area contributed by atoms with Gasteiger partial charge in [-0.2, -0.15) is 0 Å². The Morgan fingerprint density at radius 2 is 1.40 bits per heavy atom. The topological polar surface area (TPSA) is 26.3 Å². The molecule has 1 unspecified atom stereocenters. The van der Waals surface area contributed by atoms with Crippen LogP contribution in [0.5, 0.6) is 0 Å². The molecule has 1 atom stereocenters. The van der Waals surface area contributed by atoms with E-state index < -0.39 is 7.37 Å². The van der Waals surface area contributed by atoms with Crippen LogP contribution >= 0.6 is 7.37 Å². The van der Waals surface area contributed by atoms with Crippen molar-refractivity contribution in [3.63, 3.8) is 0 Å². The molecule has 2 aromatic carbocycles. The van der Waals surface area contributed by atoms with E-state index in [-0.39, 0.29) is 0 Å². The maximum absolute atomic E-state index is 13.4. The highest BCUT2D eigenvalue weighted by Crippen LogP contribution is 2.44. The van der Waals surface area contributed by atoms with E-state index in [1.807, 2.05) is 60.7 Å². The molecule has 0 aromatic heterocycles. The minimum absolute atomic E-state index is 0.399. The number of hydrogen-bond acceptors (Lipinski definition) is 2. The summed E-state index contributed by atoms with van der Waals surface area (Å²) >= 11 is 0. The van der Waals surface area contributed by atoms with Crippen molar-refractivity contribution in [1.82, 2.24) is 0 Å². The zero-order chi connectivity index (χ0) is 14.4. The molecule has 2 aromatic rings. The fourth-order valence-electron chi connectivity index (χ4n) is 1.90. The van der Waals surface area contributed by atoms with Gasteiger partial charge < -0.3 is 4.52 Å². The summed E-state index contributed by atoms with van der Waals surface area (Å²) in [5.74, 6) is 0.399. The first-order valence-electron chi connectivity index (χ1n) is 7.02.